The van der Waals surface area contributed by atoms with Gasteiger partial charge < -0.3 is 20.9 Å². The van der Waals surface area contributed by atoms with Gasteiger partial charge >= 0.3 is 6.03 Å². The molecular formula is C20H23N5O2. The predicted molar refractivity (Wildman–Crippen MR) is 106 cm³/mol. The van der Waals surface area contributed by atoms with Gasteiger partial charge in [0, 0.05) is 29.3 Å². The number of aryl methyl sites for hydroxylation is 1. The summed E-state index contributed by atoms with van der Waals surface area (Å²) in [5, 5.41) is 14.5. The van der Waals surface area contributed by atoms with Crippen molar-refractivity contribution in [1.82, 2.24) is 4.57 Å². The SMILES string of the molecule is CCCn1c(C)cc(/C=C(\C#N)C(=O)Nc2ccc(NC(N)=O)cc2)c1C. The lowest BCUT2D eigenvalue weighted by Crippen LogP contribution is -2.19. The standard InChI is InChI=1S/C20H23N5O2/c1-4-9-25-13(2)10-15(14(25)3)11-16(12-21)19(26)23-17-5-7-18(8-6-17)24-20(22)27/h5-8,10-11H,4,9H2,1-3H3,(H,23,26)(H3,22,24,27)/b16-11+. The maximum atomic E-state index is 12.4. The van der Waals surface area contributed by atoms with E-state index in [1.165, 1.54) is 0 Å². The van der Waals surface area contributed by atoms with Crippen LogP contribution in [0.2, 0.25) is 0 Å². The van der Waals surface area contributed by atoms with Gasteiger partial charge in [0.1, 0.15) is 11.6 Å². The minimum Gasteiger partial charge on any atom is -0.351 e. The average molecular weight is 365 g/mol. The number of nitrogens with two attached hydrogens (primary N) is 1. The van der Waals surface area contributed by atoms with Gasteiger partial charge in [0.25, 0.3) is 5.91 Å². The van der Waals surface area contributed by atoms with Gasteiger partial charge in [0.2, 0.25) is 0 Å². The molecule has 0 radical (unpaired) electrons. The van der Waals surface area contributed by atoms with E-state index in [-0.39, 0.29) is 5.57 Å². The molecule has 0 aliphatic carbocycles. The highest BCUT2D eigenvalue weighted by Gasteiger charge is 2.13. The van der Waals surface area contributed by atoms with Crippen LogP contribution in [0.15, 0.2) is 35.9 Å². The second kappa shape index (κ2) is 8.72. The summed E-state index contributed by atoms with van der Waals surface area (Å²) >= 11 is 0. The average Bonchev–Trinajstić information content (AvgIpc) is 2.88. The summed E-state index contributed by atoms with van der Waals surface area (Å²) in [5.74, 6) is -0.492. The first kappa shape index (κ1) is 19.8. The topological polar surface area (TPSA) is 113 Å². The summed E-state index contributed by atoms with van der Waals surface area (Å²) in [4.78, 5) is 23.3. The van der Waals surface area contributed by atoms with E-state index in [9.17, 15) is 14.9 Å². The van der Waals surface area contributed by atoms with Crippen molar-refractivity contribution in [1.29, 1.82) is 5.26 Å². The Morgan fingerprint density at radius 1 is 1.19 bits per heavy atom. The van der Waals surface area contributed by atoms with Gasteiger partial charge in [0.05, 0.1) is 0 Å². The summed E-state index contributed by atoms with van der Waals surface area (Å²) in [6, 6.07) is 9.71. The Morgan fingerprint density at radius 3 is 2.30 bits per heavy atom. The molecule has 0 aliphatic heterocycles. The molecule has 1 aromatic carbocycles. The van der Waals surface area contributed by atoms with Crippen LogP contribution in [0.25, 0.3) is 6.08 Å². The molecule has 7 heteroatoms. The first-order chi connectivity index (χ1) is 12.8. The summed E-state index contributed by atoms with van der Waals surface area (Å²) in [6.07, 6.45) is 2.61. The third kappa shape index (κ3) is 4.98. The van der Waals surface area contributed by atoms with E-state index in [1.807, 2.05) is 26.0 Å². The van der Waals surface area contributed by atoms with Crippen molar-refractivity contribution in [2.24, 2.45) is 5.73 Å². The molecule has 3 amide bonds. The second-order valence-electron chi connectivity index (χ2n) is 6.17. The molecule has 0 aliphatic rings. The van der Waals surface area contributed by atoms with Crippen molar-refractivity contribution in [3.05, 3.63) is 52.9 Å². The molecule has 27 heavy (non-hydrogen) atoms. The number of aromatic nitrogens is 1. The number of primary amides is 1. The lowest BCUT2D eigenvalue weighted by atomic mass is 10.1. The molecule has 0 bridgehead atoms. The number of benzene rings is 1. The minimum atomic E-state index is -0.665. The smallest absolute Gasteiger partial charge is 0.316 e. The first-order valence-electron chi connectivity index (χ1n) is 8.62. The number of carbonyl (C=O) groups excluding carboxylic acids is 2. The summed E-state index contributed by atoms with van der Waals surface area (Å²) in [7, 11) is 0. The Kier molecular flexibility index (Phi) is 6.39. The lowest BCUT2D eigenvalue weighted by Gasteiger charge is -2.07. The van der Waals surface area contributed by atoms with E-state index >= 15 is 0 Å². The van der Waals surface area contributed by atoms with E-state index in [4.69, 9.17) is 5.73 Å². The first-order valence-corrected chi connectivity index (χ1v) is 8.62. The predicted octanol–water partition coefficient (Wildman–Crippen LogP) is 3.55. The second-order valence-corrected chi connectivity index (χ2v) is 6.17. The van der Waals surface area contributed by atoms with Crippen molar-refractivity contribution < 1.29 is 9.59 Å². The monoisotopic (exact) mass is 365 g/mol. The van der Waals surface area contributed by atoms with Crippen LogP contribution in [0.3, 0.4) is 0 Å². The number of hydrogen-bond acceptors (Lipinski definition) is 3. The molecule has 0 fully saturated rings. The Balaban J connectivity index is 2.19. The molecule has 2 rings (SSSR count). The van der Waals surface area contributed by atoms with E-state index in [1.54, 1.807) is 30.3 Å². The highest BCUT2D eigenvalue weighted by molar-refractivity contribution is 6.09. The maximum absolute atomic E-state index is 12.4. The van der Waals surface area contributed by atoms with E-state index in [0.29, 0.717) is 11.4 Å². The molecule has 4 N–H and O–H groups in total. The zero-order valence-corrected chi connectivity index (χ0v) is 15.7. The fourth-order valence-electron chi connectivity index (χ4n) is 2.82. The van der Waals surface area contributed by atoms with Crippen molar-refractivity contribution in [2.75, 3.05) is 10.6 Å². The fraction of sp³-hybridized carbons (Fsp3) is 0.250. The van der Waals surface area contributed by atoms with Crippen molar-refractivity contribution in [3.8, 4) is 6.07 Å². The van der Waals surface area contributed by atoms with Crippen LogP contribution >= 0.6 is 0 Å². The summed E-state index contributed by atoms with van der Waals surface area (Å²) in [6.45, 7) is 6.98. The quantitative estimate of drug-likeness (QED) is 0.537. The number of nitriles is 1. The van der Waals surface area contributed by atoms with Crippen LogP contribution in [0.5, 0.6) is 0 Å². The highest BCUT2D eigenvalue weighted by Crippen LogP contribution is 2.20. The molecule has 1 aromatic heterocycles. The summed E-state index contributed by atoms with van der Waals surface area (Å²) in [5.41, 5.74) is 9.07. The van der Waals surface area contributed by atoms with Crippen LogP contribution in [0, 0.1) is 25.2 Å². The number of rotatable bonds is 6. The minimum absolute atomic E-state index is 0.0195. The molecule has 0 atom stereocenters. The summed E-state index contributed by atoms with van der Waals surface area (Å²) < 4.78 is 2.17. The molecule has 0 spiro atoms. The van der Waals surface area contributed by atoms with Gasteiger partial charge in [-0.15, -0.1) is 0 Å². The van der Waals surface area contributed by atoms with Crippen LogP contribution in [0.1, 0.15) is 30.3 Å². The van der Waals surface area contributed by atoms with Crippen molar-refractivity contribution >= 4 is 29.4 Å². The Morgan fingerprint density at radius 2 is 1.78 bits per heavy atom. The van der Waals surface area contributed by atoms with Gasteiger partial charge in [-0.1, -0.05) is 6.92 Å². The van der Waals surface area contributed by atoms with Crippen molar-refractivity contribution in [3.63, 3.8) is 0 Å². The third-order valence-corrected chi connectivity index (χ3v) is 4.14. The zero-order valence-electron chi connectivity index (χ0n) is 15.7. The molecule has 7 nitrogen and oxygen atoms in total. The maximum Gasteiger partial charge on any atom is 0.316 e. The Bertz CT molecular complexity index is 917. The molecule has 2 aromatic rings. The largest absolute Gasteiger partial charge is 0.351 e. The number of hydrogen-bond donors (Lipinski definition) is 3. The normalized spacial score (nSPS) is 11.0. The van der Waals surface area contributed by atoms with Gasteiger partial charge in [-0.05, 0) is 62.2 Å². The number of amides is 3. The molecular weight excluding hydrogens is 342 g/mol. The number of carbonyl (C=O) groups is 2. The van der Waals surface area contributed by atoms with E-state index in [2.05, 4.69) is 22.1 Å². The molecule has 0 saturated heterocycles. The van der Waals surface area contributed by atoms with Crippen molar-refractivity contribution in [2.45, 2.75) is 33.7 Å². The Labute approximate surface area is 158 Å². The van der Waals surface area contributed by atoms with Gasteiger partial charge in [-0.2, -0.15) is 5.26 Å². The van der Waals surface area contributed by atoms with Crippen LogP contribution in [0.4, 0.5) is 16.2 Å². The molecule has 140 valence electrons. The number of nitrogens with zero attached hydrogens (tertiary/aromatic N) is 2. The molecule has 1 heterocycles. The zero-order chi connectivity index (χ0) is 20.0. The number of nitrogens with one attached hydrogen (secondary N) is 2. The fourth-order valence-corrected chi connectivity index (χ4v) is 2.82. The van der Waals surface area contributed by atoms with Crippen LogP contribution < -0.4 is 16.4 Å². The van der Waals surface area contributed by atoms with E-state index < -0.39 is 11.9 Å². The van der Waals surface area contributed by atoms with Crippen LogP contribution in [-0.2, 0) is 11.3 Å². The van der Waals surface area contributed by atoms with Gasteiger partial charge in [-0.25, -0.2) is 4.79 Å². The highest BCUT2D eigenvalue weighted by atomic mass is 16.2. The number of urea groups is 1. The number of anilines is 2. The molecule has 0 saturated carbocycles. The third-order valence-electron chi connectivity index (χ3n) is 4.14. The van der Waals surface area contributed by atoms with Gasteiger partial charge in [0.15, 0.2) is 0 Å². The Hall–Kier alpha value is -3.53. The lowest BCUT2D eigenvalue weighted by molar-refractivity contribution is -0.112. The van der Waals surface area contributed by atoms with Crippen LogP contribution in [-0.4, -0.2) is 16.5 Å². The van der Waals surface area contributed by atoms with E-state index in [0.717, 1.165) is 29.9 Å². The molecule has 0 unspecified atom stereocenters. The van der Waals surface area contributed by atoms with Gasteiger partial charge in [-0.3, -0.25) is 4.79 Å².